The molecule has 0 radical (unpaired) electrons. The predicted octanol–water partition coefficient (Wildman–Crippen LogP) is 17.9. The van der Waals surface area contributed by atoms with E-state index < -0.39 is 0 Å². The van der Waals surface area contributed by atoms with Crippen LogP contribution in [0.5, 0.6) is 5.75 Å². The number of rotatable bonds is 8. The number of hydrogen-bond donors (Lipinski definition) is 0. The van der Waals surface area contributed by atoms with E-state index in [9.17, 15) is 5.11 Å². The summed E-state index contributed by atoms with van der Waals surface area (Å²) < 4.78 is 2.47. The van der Waals surface area contributed by atoms with Crippen LogP contribution < -0.4 is 45.3 Å². The second kappa shape index (κ2) is 27.3. The molecule has 0 fully saturated rings. The van der Waals surface area contributed by atoms with Gasteiger partial charge in [-0.2, -0.15) is 0 Å². The Balaban J connectivity index is 0.000000149. The summed E-state index contributed by atoms with van der Waals surface area (Å²) in [5.41, 5.74) is 36.6. The third-order valence-corrected chi connectivity index (χ3v) is 20.7. The zero-order valence-electron chi connectivity index (χ0n) is 60.2. The molecule has 0 spiro atoms. The largest absolute Gasteiger partial charge is 1.00 e. The summed E-state index contributed by atoms with van der Waals surface area (Å²) >= 11 is 0. The van der Waals surface area contributed by atoms with E-state index in [0.29, 0.717) is 5.52 Å². The van der Waals surface area contributed by atoms with Crippen LogP contribution in [-0.4, -0.2) is 21.2 Å². The van der Waals surface area contributed by atoms with Crippen molar-refractivity contribution >= 4 is 77.4 Å². The number of aromatic nitrogens is 4. The number of aryl methyl sites for hydroxylation is 10. The average Bonchev–Trinajstić information content (AvgIpc) is 1.71. The Kier molecular flexibility index (Phi) is 18.2. The second-order valence-electron chi connectivity index (χ2n) is 28.5. The van der Waals surface area contributed by atoms with E-state index in [1.807, 2.05) is 43.0 Å². The quantitative estimate of drug-likeness (QED) is 0.112. The van der Waals surface area contributed by atoms with Gasteiger partial charge in [0.1, 0.15) is 0 Å². The zero-order chi connectivity index (χ0) is 69.3. The molecule has 4 heterocycles. The number of nitrogens with one attached hydrogen (secondary N) is 1. The first-order chi connectivity index (χ1) is 48.4. The van der Waals surface area contributed by atoms with Crippen molar-refractivity contribution in [2.24, 2.45) is 0 Å². The molecule has 17 rings (SSSR count). The molecule has 0 aliphatic heterocycles. The number of aromatic amines is 1. The van der Waals surface area contributed by atoms with Gasteiger partial charge < -0.3 is 9.67 Å². The van der Waals surface area contributed by atoms with Crippen LogP contribution in [0.3, 0.4) is 0 Å². The average molecular weight is 1300 g/mol. The monoisotopic (exact) mass is 1300 g/mol. The summed E-state index contributed by atoms with van der Waals surface area (Å²) in [4.78, 5) is 11.8. The first-order valence-electron chi connectivity index (χ1n) is 34.9. The fourth-order valence-electron chi connectivity index (χ4n) is 16.4. The van der Waals surface area contributed by atoms with Crippen molar-refractivity contribution in [3.05, 3.63) is 334 Å². The molecule has 486 valence electrons. The number of hydrogen-bond acceptors (Lipinski definition) is 3. The van der Waals surface area contributed by atoms with Crippen molar-refractivity contribution in [2.45, 2.75) is 88.5 Å². The molecule has 0 saturated heterocycles. The Morgan fingerprint density at radius 3 is 1.29 bits per heavy atom. The molecule has 1 N–H and O–H groups in total. The van der Waals surface area contributed by atoms with Gasteiger partial charge in [-0.1, -0.05) is 232 Å². The molecule has 0 amide bonds. The standard InChI is InChI=1S/C47H46BN.C38H28N2.C9H7NO.Li/c1-27-11-17-43-39(23-27)40-24-28(2)12-18-44(40)49(43)36-14-16-38-37-15-13-35(25-41(37)47(9,10)42(38)26-36)48(45-31(5)19-29(3)20-32(45)6)46-33(7)21-30(4)22-34(46)8;1-25-17-31(23-39-21-25)27-9-7-11-29(19-27)37-33-13-3-5-15-35(33)38(36-16-6-4-14-34(36)37)30-12-8-10-28(20-30)32-18-26(2)22-40-24-32;11-8-5-1-3-7-4-2-6-10-9(7)8;/h11-26H,1-10H3;3-24H,1-2H3;1-6,11H;/q;;;+1. The molecule has 0 saturated carbocycles. The van der Waals surface area contributed by atoms with E-state index in [1.165, 1.54) is 166 Å². The van der Waals surface area contributed by atoms with Gasteiger partial charge in [-0.3, -0.25) is 9.97 Å². The molecule has 12 aromatic carbocycles. The topological polar surface area (TPSA) is 67.9 Å². The van der Waals surface area contributed by atoms with Gasteiger partial charge in [-0.05, 0) is 236 Å². The fraction of sp³-hybridized carbons (Fsp3) is 0.138. The summed E-state index contributed by atoms with van der Waals surface area (Å²) in [5.74, 6) is 0.0445. The van der Waals surface area contributed by atoms with E-state index in [0.717, 1.165) is 27.6 Å². The van der Waals surface area contributed by atoms with E-state index >= 15 is 0 Å². The Morgan fingerprint density at radius 1 is 0.366 bits per heavy atom. The van der Waals surface area contributed by atoms with Crippen molar-refractivity contribution < 1.29 is 29.0 Å². The summed E-state index contributed by atoms with van der Waals surface area (Å²) in [6.07, 6.45) is 9.45. The molecule has 16 aromatic rings. The van der Waals surface area contributed by atoms with Crippen LogP contribution in [-0.2, 0) is 5.41 Å². The number of pyridine rings is 3. The maximum Gasteiger partial charge on any atom is 1.00 e. The Labute approximate surface area is 606 Å². The molecule has 4 aromatic heterocycles. The number of H-pyrrole nitrogens is 1. The number of nitrogens with zero attached hydrogens (tertiary/aromatic N) is 3. The molecule has 0 bridgehead atoms. The van der Waals surface area contributed by atoms with Gasteiger partial charge in [0.05, 0.1) is 11.0 Å². The van der Waals surface area contributed by atoms with Gasteiger partial charge in [-0.25, -0.2) is 4.98 Å². The third kappa shape index (κ3) is 12.6. The molecule has 7 heteroatoms. The number of benzene rings is 12. The Bertz CT molecular complexity index is 5570. The van der Waals surface area contributed by atoms with Gasteiger partial charge >= 0.3 is 18.9 Å². The third-order valence-electron chi connectivity index (χ3n) is 20.7. The van der Waals surface area contributed by atoms with Crippen LogP contribution in [0.1, 0.15) is 80.6 Å². The molecule has 0 atom stereocenters. The van der Waals surface area contributed by atoms with Crippen LogP contribution in [0, 0.1) is 69.2 Å². The van der Waals surface area contributed by atoms with E-state index in [1.54, 1.807) is 18.3 Å². The Hall–Kier alpha value is -10.9. The fourth-order valence-corrected chi connectivity index (χ4v) is 16.4. The van der Waals surface area contributed by atoms with Crippen molar-refractivity contribution in [3.63, 3.8) is 0 Å². The minimum atomic E-state index is -0.151. The molecular formula is C94H81BLiN4O+. The van der Waals surface area contributed by atoms with Crippen LogP contribution in [0.2, 0.25) is 0 Å². The number of para-hydroxylation sites is 1. The maximum absolute atomic E-state index is 11.1. The SMILES string of the molecule is Cc1cc(C)c(B(c2ccc3c(c2)C(C)(C)c2cc(-n4c5ccc(C)cc5c5cc(C)ccc54)ccc2-3)c2c(C)cc(C)cc2C)c(C)c1.Cc1cncc(-c2cccc(-c3c4ccccc4c(-c4cccc(-c5cncc(C)c5)c4)c4ccccc34)c2)c1.[Li+].[O-]c1cccc2ccc[nH+]c12. The van der Waals surface area contributed by atoms with Crippen LogP contribution in [0.15, 0.2) is 268 Å². The van der Waals surface area contributed by atoms with E-state index in [2.05, 4.69) is 309 Å². The van der Waals surface area contributed by atoms with Gasteiger partial charge in [0.2, 0.25) is 12.2 Å². The normalized spacial score (nSPS) is 12.0. The molecule has 1 aliphatic rings. The summed E-state index contributed by atoms with van der Waals surface area (Å²) in [7, 11) is 0. The maximum atomic E-state index is 11.1. The summed E-state index contributed by atoms with van der Waals surface area (Å²) in [5, 5.41) is 19.7. The predicted molar refractivity (Wildman–Crippen MR) is 422 cm³/mol. The van der Waals surface area contributed by atoms with Crippen molar-refractivity contribution in [2.75, 3.05) is 0 Å². The van der Waals surface area contributed by atoms with Crippen LogP contribution in [0.4, 0.5) is 0 Å². The molecule has 1 aliphatic carbocycles. The van der Waals surface area contributed by atoms with Gasteiger partial charge in [0.25, 0.3) is 0 Å². The number of fused-ring (bicyclic) bond motifs is 9. The van der Waals surface area contributed by atoms with E-state index in [-0.39, 0.29) is 36.7 Å². The summed E-state index contributed by atoms with van der Waals surface area (Å²) in [6, 6.07) is 86.5. The minimum Gasteiger partial charge on any atom is -0.868 e. The smallest absolute Gasteiger partial charge is 0.868 e. The van der Waals surface area contributed by atoms with Gasteiger partial charge in [0.15, 0.2) is 6.20 Å². The zero-order valence-corrected chi connectivity index (χ0v) is 60.2. The van der Waals surface area contributed by atoms with Crippen LogP contribution in [0.25, 0.3) is 116 Å². The van der Waals surface area contributed by atoms with Gasteiger partial charge in [0, 0.05) is 69.2 Å². The summed E-state index contributed by atoms with van der Waals surface area (Å²) in [6.45, 7) is 27.2. The van der Waals surface area contributed by atoms with Crippen LogP contribution >= 0.6 is 0 Å². The first-order valence-corrected chi connectivity index (χ1v) is 34.9. The van der Waals surface area contributed by atoms with Crippen molar-refractivity contribution in [1.82, 2.24) is 14.5 Å². The van der Waals surface area contributed by atoms with Crippen molar-refractivity contribution in [1.29, 1.82) is 0 Å². The molecule has 101 heavy (non-hydrogen) atoms. The molecule has 0 unspecified atom stereocenters. The molecule has 5 nitrogen and oxygen atoms in total. The molecular weight excluding hydrogens is 1220 g/mol. The second-order valence-corrected chi connectivity index (χ2v) is 28.5. The Morgan fingerprint density at radius 2 is 0.812 bits per heavy atom. The first kappa shape index (κ1) is 67.3. The van der Waals surface area contributed by atoms with E-state index in [4.69, 9.17) is 0 Å². The van der Waals surface area contributed by atoms with Gasteiger partial charge in [-0.15, -0.1) is 0 Å². The minimum absolute atomic E-state index is 0. The van der Waals surface area contributed by atoms with Crippen molar-refractivity contribution in [3.8, 4) is 67.1 Å².